The number of carbonyl (C=O) groups excluding carboxylic acids is 2. The standard InChI is InChI=1S/C48H40N2O4S2/c1-5-49-31-17-9-7-15-29(31)47(3)19-11-13-27(45(47)49)37-41(51)39(42(37)52)35-23-25-21-34-26(22-33(25)55-35)24-36(56-34)40-43(53)38(44(40)54)28-14-12-20-48(4)30-16-8-10-18-32(30)50(6-2)46(28)48/h7-10,15-18,21-24H,5-6,11-14,19-20H2,1-4H3. The Balaban J connectivity index is 0.945. The summed E-state index contributed by atoms with van der Waals surface area (Å²) in [6.07, 6.45) is 5.31. The van der Waals surface area contributed by atoms with Crippen molar-refractivity contribution in [3.05, 3.63) is 127 Å². The molecular formula is C48H40N2O4S2. The van der Waals surface area contributed by atoms with Crippen molar-refractivity contribution in [3.8, 4) is 0 Å². The number of benzene rings is 3. The molecule has 2 aliphatic heterocycles. The highest BCUT2D eigenvalue weighted by Crippen LogP contribution is 2.54. The minimum absolute atomic E-state index is 0.146. The summed E-state index contributed by atoms with van der Waals surface area (Å²) in [7, 11) is 0. The Morgan fingerprint density at radius 1 is 0.607 bits per heavy atom. The fraction of sp³-hybridized carbons (Fsp3) is 0.292. The van der Waals surface area contributed by atoms with Gasteiger partial charge in [0.2, 0.25) is 11.4 Å². The zero-order chi connectivity index (χ0) is 38.4. The Kier molecular flexibility index (Phi) is 7.11. The van der Waals surface area contributed by atoms with Crippen LogP contribution in [-0.4, -0.2) is 45.2 Å². The first-order valence-corrected chi connectivity index (χ1v) is 21.6. The smallest absolute Gasteiger partial charge is 0.209 e. The van der Waals surface area contributed by atoms with E-state index in [1.807, 2.05) is 12.1 Å². The maximum atomic E-state index is 14.0. The van der Waals surface area contributed by atoms with Gasteiger partial charge >= 0.3 is 0 Å². The van der Waals surface area contributed by atoms with Crippen molar-refractivity contribution in [2.45, 2.75) is 77.0 Å². The fourth-order valence-corrected chi connectivity index (χ4v) is 13.4. The lowest BCUT2D eigenvalue weighted by Gasteiger charge is -2.36. The van der Waals surface area contributed by atoms with Crippen LogP contribution in [0.3, 0.4) is 0 Å². The van der Waals surface area contributed by atoms with Crippen LogP contribution in [0.1, 0.15) is 87.1 Å². The van der Waals surface area contributed by atoms with E-state index in [2.05, 4.69) is 97.5 Å². The van der Waals surface area contributed by atoms with Crippen molar-refractivity contribution in [3.63, 3.8) is 0 Å². The van der Waals surface area contributed by atoms with Gasteiger partial charge in [0.25, 0.3) is 0 Å². The SMILES string of the molecule is CC[N+]1=C2/C(=C3\C(=O)C(c4cc5cc6sc(C7=C([O-])/C(=C8\CCCC9(C)C8=[N+](CC)c8ccccc89)C7=O)cc6cc5s4)=C3[O-])CCCC2(C)c2ccccc21. The molecule has 56 heavy (non-hydrogen) atoms. The molecule has 2 fully saturated rings. The van der Waals surface area contributed by atoms with Crippen LogP contribution in [0.15, 0.2) is 107 Å². The van der Waals surface area contributed by atoms with E-state index >= 15 is 0 Å². The number of carbonyl (C=O) groups is 2. The number of allylic oxidation sites excluding steroid dienone is 6. The van der Waals surface area contributed by atoms with Crippen LogP contribution >= 0.6 is 22.7 Å². The number of Topliss-reactive ketones (excluding diaryl/α,β-unsaturated/α-hetero) is 2. The topological polar surface area (TPSA) is 86.3 Å². The van der Waals surface area contributed by atoms with E-state index in [9.17, 15) is 19.8 Å². The molecule has 6 nitrogen and oxygen atoms in total. The Labute approximate surface area is 333 Å². The molecule has 0 bridgehead atoms. The van der Waals surface area contributed by atoms with Gasteiger partial charge in [0.1, 0.15) is 13.1 Å². The van der Waals surface area contributed by atoms with Gasteiger partial charge in [-0.25, -0.2) is 0 Å². The molecule has 11 rings (SSSR count). The van der Waals surface area contributed by atoms with Crippen molar-refractivity contribution < 1.29 is 29.0 Å². The van der Waals surface area contributed by atoms with E-state index in [0.717, 1.165) is 94.4 Å². The minimum atomic E-state index is -0.216. The Bertz CT molecular complexity index is 2680. The lowest BCUT2D eigenvalue weighted by Crippen LogP contribution is -2.41. The summed E-state index contributed by atoms with van der Waals surface area (Å²) in [5.74, 6) is -0.582. The van der Waals surface area contributed by atoms with Crippen molar-refractivity contribution in [1.82, 2.24) is 0 Å². The van der Waals surface area contributed by atoms with E-state index in [1.54, 1.807) is 0 Å². The monoisotopic (exact) mass is 772 g/mol. The molecule has 6 aliphatic rings. The quantitative estimate of drug-likeness (QED) is 0.135. The molecule has 5 aromatic rings. The molecular weight excluding hydrogens is 733 g/mol. The molecule has 0 amide bonds. The second kappa shape index (κ2) is 11.7. The van der Waals surface area contributed by atoms with E-state index < -0.39 is 0 Å². The first kappa shape index (κ1) is 34.1. The van der Waals surface area contributed by atoms with Crippen molar-refractivity contribution in [2.24, 2.45) is 0 Å². The molecule has 4 heterocycles. The van der Waals surface area contributed by atoms with Crippen LogP contribution in [0.5, 0.6) is 0 Å². The van der Waals surface area contributed by atoms with Crippen LogP contribution < -0.4 is 10.2 Å². The minimum Gasteiger partial charge on any atom is -0.871 e. The molecule has 2 aromatic heterocycles. The molecule has 8 heteroatoms. The number of para-hydroxylation sites is 2. The summed E-state index contributed by atoms with van der Waals surface area (Å²) in [4.78, 5) is 29.4. The first-order chi connectivity index (χ1) is 27.1. The van der Waals surface area contributed by atoms with Gasteiger partial charge in [-0.1, -0.05) is 47.9 Å². The van der Waals surface area contributed by atoms with Gasteiger partial charge in [0.15, 0.2) is 23.0 Å². The molecule has 0 saturated heterocycles. The lowest BCUT2D eigenvalue weighted by atomic mass is 9.66. The Morgan fingerprint density at radius 2 is 1.02 bits per heavy atom. The first-order valence-electron chi connectivity index (χ1n) is 20.0. The number of hydrogen-bond donors (Lipinski definition) is 0. The van der Waals surface area contributed by atoms with E-state index in [4.69, 9.17) is 0 Å². The molecule has 4 aliphatic carbocycles. The second-order valence-corrected chi connectivity index (χ2v) is 18.7. The van der Waals surface area contributed by atoms with Gasteiger partial charge in [-0.05, 0) is 101 Å². The zero-order valence-corrected chi connectivity index (χ0v) is 33.6. The zero-order valence-electron chi connectivity index (χ0n) is 31.9. The number of fused-ring (bicyclic) bond motifs is 8. The maximum Gasteiger partial charge on any atom is 0.209 e. The van der Waals surface area contributed by atoms with Crippen LogP contribution in [-0.2, 0) is 20.4 Å². The van der Waals surface area contributed by atoms with Gasteiger partial charge in [0, 0.05) is 75.9 Å². The Morgan fingerprint density at radius 3 is 1.41 bits per heavy atom. The molecule has 2 atom stereocenters. The normalized spacial score (nSPS) is 27.0. The van der Waals surface area contributed by atoms with Crippen LogP contribution in [0.2, 0.25) is 0 Å². The summed E-state index contributed by atoms with van der Waals surface area (Å²) >= 11 is 2.92. The maximum absolute atomic E-state index is 14.0. The summed E-state index contributed by atoms with van der Waals surface area (Å²) in [6, 6.07) is 25.0. The Hall–Kier alpha value is -5.18. The average Bonchev–Trinajstić information content (AvgIpc) is 3.92. The van der Waals surface area contributed by atoms with Crippen molar-refractivity contribution in [1.29, 1.82) is 0 Å². The van der Waals surface area contributed by atoms with E-state index in [0.29, 0.717) is 20.9 Å². The van der Waals surface area contributed by atoms with Gasteiger partial charge in [-0.2, -0.15) is 9.15 Å². The highest BCUT2D eigenvalue weighted by atomic mass is 32.1. The predicted molar refractivity (Wildman–Crippen MR) is 221 cm³/mol. The average molecular weight is 773 g/mol. The summed E-state index contributed by atoms with van der Waals surface area (Å²) in [5, 5.41) is 29.9. The number of hydrogen-bond acceptors (Lipinski definition) is 6. The molecule has 2 saturated carbocycles. The highest BCUT2D eigenvalue weighted by molar-refractivity contribution is 7.22. The van der Waals surface area contributed by atoms with Crippen molar-refractivity contribution in [2.75, 3.05) is 13.1 Å². The van der Waals surface area contributed by atoms with Crippen molar-refractivity contribution >= 4 is 88.4 Å². The van der Waals surface area contributed by atoms with Crippen LogP contribution in [0.25, 0.3) is 31.3 Å². The van der Waals surface area contributed by atoms with Crippen LogP contribution in [0.4, 0.5) is 11.4 Å². The second-order valence-electron chi connectivity index (χ2n) is 16.5. The highest BCUT2D eigenvalue weighted by Gasteiger charge is 2.54. The van der Waals surface area contributed by atoms with E-state index in [1.165, 1.54) is 45.2 Å². The van der Waals surface area contributed by atoms with Gasteiger partial charge < -0.3 is 10.2 Å². The molecule has 3 aromatic carbocycles. The van der Waals surface area contributed by atoms with Gasteiger partial charge in [-0.15, -0.1) is 22.7 Å². The summed E-state index contributed by atoms with van der Waals surface area (Å²) in [5.41, 5.74) is 9.90. The van der Waals surface area contributed by atoms with E-state index in [-0.39, 0.29) is 45.1 Å². The fourth-order valence-electron chi connectivity index (χ4n) is 11.2. The third-order valence-corrected chi connectivity index (χ3v) is 15.9. The molecule has 278 valence electrons. The predicted octanol–water partition coefficient (Wildman–Crippen LogP) is 8.54. The summed E-state index contributed by atoms with van der Waals surface area (Å²) in [6.45, 7) is 10.4. The number of ketones is 2. The molecule has 0 spiro atoms. The summed E-state index contributed by atoms with van der Waals surface area (Å²) < 4.78 is 6.56. The van der Waals surface area contributed by atoms with Gasteiger partial charge in [-0.3, -0.25) is 9.59 Å². The number of thiophene rings is 2. The number of nitrogens with zero attached hydrogens (tertiary/aromatic N) is 2. The molecule has 0 radical (unpaired) electrons. The number of rotatable bonds is 4. The molecule has 0 N–H and O–H groups in total. The van der Waals surface area contributed by atoms with Gasteiger partial charge in [0.05, 0.1) is 10.8 Å². The third-order valence-electron chi connectivity index (χ3n) is 13.6. The van der Waals surface area contributed by atoms with Crippen LogP contribution in [0, 0.1) is 0 Å². The molecule has 2 unspecified atom stereocenters. The third kappa shape index (κ3) is 4.21. The largest absolute Gasteiger partial charge is 0.871 e. The lowest BCUT2D eigenvalue weighted by molar-refractivity contribution is -0.434.